The Morgan fingerprint density at radius 2 is 1.57 bits per heavy atom. The number of allylic oxidation sites excluding steroid dienone is 2. The van der Waals surface area contributed by atoms with E-state index >= 15 is 0 Å². The average Bonchev–Trinajstić information content (AvgIpc) is 3.03. The van der Waals surface area contributed by atoms with Crippen LogP contribution in [-0.4, -0.2) is 53.1 Å². The highest BCUT2D eigenvalue weighted by molar-refractivity contribution is 6.06. The van der Waals surface area contributed by atoms with E-state index < -0.39 is 0 Å². The molecule has 1 aromatic rings. The summed E-state index contributed by atoms with van der Waals surface area (Å²) >= 11 is 0. The van der Waals surface area contributed by atoms with E-state index in [1.165, 1.54) is 4.90 Å². The first kappa shape index (κ1) is 20.3. The maximum Gasteiger partial charge on any atom is 0.255 e. The van der Waals surface area contributed by atoms with Crippen LogP contribution in [0.1, 0.15) is 48.9 Å². The van der Waals surface area contributed by atoms with Gasteiger partial charge in [-0.25, -0.2) is 0 Å². The monoisotopic (exact) mass is 409 g/mol. The molecule has 1 aliphatic carbocycles. The van der Waals surface area contributed by atoms with E-state index in [0.717, 1.165) is 32.4 Å². The topological polar surface area (TPSA) is 86.8 Å². The van der Waals surface area contributed by atoms with Gasteiger partial charge in [0.15, 0.2) is 0 Å². The van der Waals surface area contributed by atoms with Crippen LogP contribution < -0.4 is 5.32 Å². The summed E-state index contributed by atoms with van der Waals surface area (Å²) in [7, 11) is 0. The maximum absolute atomic E-state index is 12.9. The third-order valence-electron chi connectivity index (χ3n) is 6.24. The molecule has 2 unspecified atom stereocenters. The van der Waals surface area contributed by atoms with Crippen molar-refractivity contribution in [2.24, 2.45) is 11.8 Å². The Morgan fingerprint density at radius 1 is 0.933 bits per heavy atom. The second-order valence-electron chi connectivity index (χ2n) is 8.18. The molecule has 30 heavy (non-hydrogen) atoms. The molecule has 1 N–H and O–H groups in total. The van der Waals surface area contributed by atoms with Gasteiger partial charge in [-0.3, -0.25) is 24.1 Å². The zero-order chi connectivity index (χ0) is 21.1. The van der Waals surface area contributed by atoms with Crippen molar-refractivity contribution >= 4 is 29.3 Å². The van der Waals surface area contributed by atoms with E-state index in [4.69, 9.17) is 0 Å². The van der Waals surface area contributed by atoms with Crippen molar-refractivity contribution in [3.05, 3.63) is 42.0 Å². The SMILES string of the molecule is O=C(CCN1C(=O)C2CC=CCC2C1=O)Nc1ccccc1C(=O)N1CCCCC1. The number of fused-ring (bicyclic) bond motifs is 1. The molecule has 4 amide bonds. The fraction of sp³-hybridized carbons (Fsp3) is 0.478. The van der Waals surface area contributed by atoms with E-state index in [2.05, 4.69) is 5.32 Å². The first-order valence-electron chi connectivity index (χ1n) is 10.7. The number of piperidine rings is 1. The van der Waals surface area contributed by atoms with Gasteiger partial charge >= 0.3 is 0 Å². The lowest BCUT2D eigenvalue weighted by Crippen LogP contribution is -2.36. The molecule has 3 aliphatic rings. The van der Waals surface area contributed by atoms with Gasteiger partial charge < -0.3 is 10.2 Å². The summed E-state index contributed by atoms with van der Waals surface area (Å²) < 4.78 is 0. The van der Waals surface area contributed by atoms with Crippen LogP contribution in [0, 0.1) is 11.8 Å². The van der Waals surface area contributed by atoms with E-state index in [1.54, 1.807) is 24.3 Å². The summed E-state index contributed by atoms with van der Waals surface area (Å²) in [5, 5.41) is 2.80. The van der Waals surface area contributed by atoms with E-state index in [0.29, 0.717) is 24.1 Å². The third-order valence-corrected chi connectivity index (χ3v) is 6.24. The van der Waals surface area contributed by atoms with Crippen LogP contribution >= 0.6 is 0 Å². The van der Waals surface area contributed by atoms with Crippen molar-refractivity contribution < 1.29 is 19.2 Å². The molecular formula is C23H27N3O4. The molecule has 158 valence electrons. The molecule has 2 fully saturated rings. The first-order chi connectivity index (χ1) is 14.6. The number of nitrogens with one attached hydrogen (secondary N) is 1. The Bertz CT molecular complexity index is 862. The Balaban J connectivity index is 1.37. The zero-order valence-corrected chi connectivity index (χ0v) is 17.0. The van der Waals surface area contributed by atoms with Crippen LogP contribution in [0.5, 0.6) is 0 Å². The van der Waals surface area contributed by atoms with Gasteiger partial charge in [0.25, 0.3) is 5.91 Å². The summed E-state index contributed by atoms with van der Waals surface area (Å²) in [4.78, 5) is 53.5. The van der Waals surface area contributed by atoms with Crippen molar-refractivity contribution in [3.63, 3.8) is 0 Å². The van der Waals surface area contributed by atoms with Crippen LogP contribution in [0.25, 0.3) is 0 Å². The summed E-state index contributed by atoms with van der Waals surface area (Å²) in [5.41, 5.74) is 0.938. The number of carbonyl (C=O) groups excluding carboxylic acids is 4. The van der Waals surface area contributed by atoms with Gasteiger partial charge in [0.2, 0.25) is 17.7 Å². The molecule has 2 saturated heterocycles. The lowest BCUT2D eigenvalue weighted by molar-refractivity contribution is -0.140. The summed E-state index contributed by atoms with van der Waals surface area (Å²) in [6.45, 7) is 1.54. The van der Waals surface area contributed by atoms with Gasteiger partial charge in [-0.15, -0.1) is 0 Å². The average molecular weight is 409 g/mol. The molecule has 0 spiro atoms. The predicted octanol–water partition coefficient (Wildman–Crippen LogP) is 2.59. The number of para-hydroxylation sites is 1. The molecule has 0 radical (unpaired) electrons. The van der Waals surface area contributed by atoms with Gasteiger partial charge in [-0.2, -0.15) is 0 Å². The van der Waals surface area contributed by atoms with Crippen LogP contribution in [0.3, 0.4) is 0 Å². The maximum atomic E-state index is 12.9. The Morgan fingerprint density at radius 3 is 2.23 bits per heavy atom. The molecule has 7 heteroatoms. The number of hydrogen-bond donors (Lipinski definition) is 1. The third kappa shape index (κ3) is 4.01. The molecule has 0 bridgehead atoms. The Hall–Kier alpha value is -2.96. The number of anilines is 1. The van der Waals surface area contributed by atoms with Crippen molar-refractivity contribution in [2.45, 2.75) is 38.5 Å². The molecule has 7 nitrogen and oxygen atoms in total. The fourth-order valence-electron chi connectivity index (χ4n) is 4.56. The molecule has 1 aromatic carbocycles. The van der Waals surface area contributed by atoms with Crippen LogP contribution in [0.2, 0.25) is 0 Å². The number of benzene rings is 1. The van der Waals surface area contributed by atoms with Gasteiger partial charge in [-0.05, 0) is 44.2 Å². The van der Waals surface area contributed by atoms with Crippen LogP contribution in [0.15, 0.2) is 36.4 Å². The minimum atomic E-state index is -0.317. The summed E-state index contributed by atoms with van der Waals surface area (Å²) in [5.74, 6) is -1.32. The molecule has 0 aromatic heterocycles. The van der Waals surface area contributed by atoms with Gasteiger partial charge in [0.1, 0.15) is 0 Å². The van der Waals surface area contributed by atoms with Crippen LogP contribution in [-0.2, 0) is 14.4 Å². The summed E-state index contributed by atoms with van der Waals surface area (Å²) in [6, 6.07) is 6.98. The first-order valence-corrected chi connectivity index (χ1v) is 10.7. The highest BCUT2D eigenvalue weighted by Gasteiger charge is 2.46. The standard InChI is InChI=1S/C23H27N3O4/c27-20(12-15-26-22(29)16-8-2-3-9-17(16)23(26)30)24-19-11-5-4-10-18(19)21(28)25-13-6-1-7-14-25/h2-5,10-11,16-17H,1,6-9,12-15H2,(H,24,27). The number of amides is 4. The van der Waals surface area contributed by atoms with E-state index in [-0.39, 0.29) is 48.4 Å². The minimum absolute atomic E-state index is 0.0105. The Kier molecular flexibility index (Phi) is 5.97. The predicted molar refractivity (Wildman–Crippen MR) is 112 cm³/mol. The molecule has 2 atom stereocenters. The van der Waals surface area contributed by atoms with Crippen molar-refractivity contribution in [3.8, 4) is 0 Å². The van der Waals surface area contributed by atoms with Crippen LogP contribution in [0.4, 0.5) is 5.69 Å². The van der Waals surface area contributed by atoms with Crippen molar-refractivity contribution in [1.29, 1.82) is 0 Å². The normalized spacial score (nSPS) is 23.5. The van der Waals surface area contributed by atoms with E-state index in [9.17, 15) is 19.2 Å². The second kappa shape index (κ2) is 8.81. The largest absolute Gasteiger partial charge is 0.339 e. The van der Waals surface area contributed by atoms with Gasteiger partial charge in [0.05, 0.1) is 23.1 Å². The second-order valence-corrected chi connectivity index (χ2v) is 8.18. The molecule has 4 rings (SSSR count). The number of nitrogens with zero attached hydrogens (tertiary/aromatic N) is 2. The lowest BCUT2D eigenvalue weighted by atomic mass is 9.85. The molecule has 2 aliphatic heterocycles. The quantitative estimate of drug-likeness (QED) is 0.598. The zero-order valence-electron chi connectivity index (χ0n) is 17.0. The van der Waals surface area contributed by atoms with E-state index in [1.807, 2.05) is 17.1 Å². The number of likely N-dealkylation sites (tertiary alicyclic amines) is 2. The molecule has 2 heterocycles. The lowest BCUT2D eigenvalue weighted by Gasteiger charge is -2.27. The smallest absolute Gasteiger partial charge is 0.255 e. The number of imide groups is 1. The highest BCUT2D eigenvalue weighted by atomic mass is 16.2. The number of rotatable bonds is 5. The van der Waals surface area contributed by atoms with Gasteiger partial charge in [0, 0.05) is 26.1 Å². The van der Waals surface area contributed by atoms with Gasteiger partial charge in [-0.1, -0.05) is 24.3 Å². The van der Waals surface area contributed by atoms with Crippen molar-refractivity contribution in [2.75, 3.05) is 25.0 Å². The molecular weight excluding hydrogens is 382 g/mol. The minimum Gasteiger partial charge on any atom is -0.339 e. The highest BCUT2D eigenvalue weighted by Crippen LogP contribution is 2.35. The number of hydrogen-bond acceptors (Lipinski definition) is 4. The van der Waals surface area contributed by atoms with Crippen molar-refractivity contribution in [1.82, 2.24) is 9.80 Å². The Labute approximate surface area is 176 Å². The fourth-order valence-corrected chi connectivity index (χ4v) is 4.56. The summed E-state index contributed by atoms with van der Waals surface area (Å²) in [6.07, 6.45) is 8.20. The molecule has 0 saturated carbocycles. The number of carbonyl (C=O) groups is 4.